The second-order valence-corrected chi connectivity index (χ2v) is 8.12. The van der Waals surface area contributed by atoms with Crippen molar-refractivity contribution in [3.8, 4) is 28.5 Å². The van der Waals surface area contributed by atoms with Crippen molar-refractivity contribution in [1.29, 1.82) is 0 Å². The molecule has 0 saturated heterocycles. The molecule has 2 N–H and O–H groups in total. The monoisotopic (exact) mass is 439 g/mol. The Hall–Kier alpha value is -4.06. The van der Waals surface area contributed by atoms with Crippen molar-refractivity contribution >= 4 is 5.91 Å². The van der Waals surface area contributed by atoms with Gasteiger partial charge >= 0.3 is 0 Å². The van der Waals surface area contributed by atoms with E-state index >= 15 is 0 Å². The molecule has 6 heteroatoms. The summed E-state index contributed by atoms with van der Waals surface area (Å²) in [6.07, 6.45) is 1.87. The number of ether oxygens (including phenoxy) is 1. The van der Waals surface area contributed by atoms with Crippen LogP contribution in [-0.2, 0) is 0 Å². The van der Waals surface area contributed by atoms with Gasteiger partial charge in [0.1, 0.15) is 28.6 Å². The van der Waals surface area contributed by atoms with Crippen LogP contribution in [0.4, 0.5) is 0 Å². The SMILES string of the molecule is CCCCN1C(=O)c2[nH]nc(-c3ccccc3O)c2[C@H]1c1cccc(Oc2ccccc2)c1. The lowest BCUT2D eigenvalue weighted by Crippen LogP contribution is -2.30. The van der Waals surface area contributed by atoms with Gasteiger partial charge < -0.3 is 14.7 Å². The molecule has 5 rings (SSSR count). The highest BCUT2D eigenvalue weighted by Gasteiger charge is 2.42. The smallest absolute Gasteiger partial charge is 0.273 e. The second kappa shape index (κ2) is 8.82. The molecule has 2 heterocycles. The normalized spacial score (nSPS) is 15.0. The van der Waals surface area contributed by atoms with Gasteiger partial charge in [0.25, 0.3) is 5.91 Å². The van der Waals surface area contributed by atoms with Gasteiger partial charge in [-0.1, -0.05) is 55.8 Å². The summed E-state index contributed by atoms with van der Waals surface area (Å²) in [5.41, 5.74) is 3.39. The molecule has 0 unspecified atom stereocenters. The third kappa shape index (κ3) is 3.84. The zero-order valence-electron chi connectivity index (χ0n) is 18.4. The maximum absolute atomic E-state index is 13.4. The van der Waals surface area contributed by atoms with E-state index in [4.69, 9.17) is 4.74 Å². The lowest BCUT2D eigenvalue weighted by atomic mass is 9.95. The fourth-order valence-corrected chi connectivity index (χ4v) is 4.35. The Balaban J connectivity index is 1.60. The molecular formula is C27H25N3O3. The Morgan fingerprint density at radius 1 is 1.00 bits per heavy atom. The van der Waals surface area contributed by atoms with Crippen molar-refractivity contribution in [2.75, 3.05) is 6.54 Å². The van der Waals surface area contributed by atoms with Gasteiger partial charge in [-0.2, -0.15) is 5.10 Å². The Bertz CT molecular complexity index is 1280. The maximum Gasteiger partial charge on any atom is 0.273 e. The van der Waals surface area contributed by atoms with Crippen molar-refractivity contribution in [3.05, 3.63) is 95.7 Å². The van der Waals surface area contributed by atoms with Crippen molar-refractivity contribution in [2.45, 2.75) is 25.8 Å². The van der Waals surface area contributed by atoms with Gasteiger partial charge in [0.2, 0.25) is 0 Å². The number of hydrogen-bond donors (Lipinski definition) is 2. The largest absolute Gasteiger partial charge is 0.507 e. The van der Waals surface area contributed by atoms with Crippen LogP contribution < -0.4 is 4.74 Å². The lowest BCUT2D eigenvalue weighted by molar-refractivity contribution is 0.0741. The minimum Gasteiger partial charge on any atom is -0.507 e. The van der Waals surface area contributed by atoms with Crippen LogP contribution in [0.2, 0.25) is 0 Å². The number of rotatable bonds is 7. The number of aromatic hydroxyl groups is 1. The average molecular weight is 440 g/mol. The number of aromatic amines is 1. The molecule has 3 aromatic carbocycles. The molecule has 0 fully saturated rings. The molecule has 0 spiro atoms. The predicted molar refractivity (Wildman–Crippen MR) is 126 cm³/mol. The molecular weight excluding hydrogens is 414 g/mol. The number of phenols is 1. The number of amides is 1. The minimum atomic E-state index is -0.327. The number of aromatic nitrogens is 2. The van der Waals surface area contributed by atoms with E-state index in [0.717, 1.165) is 29.7 Å². The molecule has 0 aliphatic carbocycles. The number of carbonyl (C=O) groups excluding carboxylic acids is 1. The van der Waals surface area contributed by atoms with E-state index in [2.05, 4.69) is 17.1 Å². The maximum atomic E-state index is 13.4. The Morgan fingerprint density at radius 3 is 2.55 bits per heavy atom. The molecule has 0 bridgehead atoms. The number of fused-ring (bicyclic) bond motifs is 1. The van der Waals surface area contributed by atoms with E-state index in [1.54, 1.807) is 12.1 Å². The number of phenolic OH excluding ortho intramolecular Hbond substituents is 1. The molecule has 6 nitrogen and oxygen atoms in total. The molecule has 1 aliphatic heterocycles. The summed E-state index contributed by atoms with van der Waals surface area (Å²) in [6.45, 7) is 2.74. The number of benzene rings is 3. The summed E-state index contributed by atoms with van der Waals surface area (Å²) in [7, 11) is 0. The molecule has 1 amide bonds. The van der Waals surface area contributed by atoms with Crippen molar-refractivity contribution in [3.63, 3.8) is 0 Å². The number of nitrogens with one attached hydrogen (secondary N) is 1. The number of hydrogen-bond acceptors (Lipinski definition) is 4. The number of para-hydroxylation sites is 2. The fourth-order valence-electron chi connectivity index (χ4n) is 4.35. The lowest BCUT2D eigenvalue weighted by Gasteiger charge is -2.26. The Morgan fingerprint density at radius 2 is 1.76 bits per heavy atom. The zero-order valence-corrected chi connectivity index (χ0v) is 18.4. The van der Waals surface area contributed by atoms with Crippen LogP contribution in [0.25, 0.3) is 11.3 Å². The van der Waals surface area contributed by atoms with Crippen molar-refractivity contribution in [1.82, 2.24) is 15.1 Å². The van der Waals surface area contributed by atoms with E-state index in [1.165, 1.54) is 0 Å². The summed E-state index contributed by atoms with van der Waals surface area (Å²) in [5.74, 6) is 1.50. The third-order valence-electron chi connectivity index (χ3n) is 5.93. The van der Waals surface area contributed by atoms with Crippen LogP contribution in [0.1, 0.15) is 47.4 Å². The summed E-state index contributed by atoms with van der Waals surface area (Å²) in [4.78, 5) is 15.2. The first-order chi connectivity index (χ1) is 16.2. The van der Waals surface area contributed by atoms with Crippen LogP contribution >= 0.6 is 0 Å². The summed E-state index contributed by atoms with van der Waals surface area (Å²) < 4.78 is 6.06. The molecule has 1 aliphatic rings. The quantitative estimate of drug-likeness (QED) is 0.375. The van der Waals surface area contributed by atoms with Gasteiger partial charge in [0.05, 0.1) is 6.04 Å². The standard InChI is InChI=1S/C27H25N3O3/c1-2-3-16-30-26(18-10-9-13-20(17-18)33-19-11-5-4-6-12-19)23-24(28-29-25(23)27(30)32)21-14-7-8-15-22(21)31/h4-15,17,26,31H,2-3,16H2,1H3,(H,28,29)/t26-/m1/s1. The van der Waals surface area contributed by atoms with Gasteiger partial charge in [-0.3, -0.25) is 9.89 Å². The van der Waals surface area contributed by atoms with Crippen LogP contribution in [0.5, 0.6) is 17.2 Å². The van der Waals surface area contributed by atoms with E-state index in [9.17, 15) is 9.90 Å². The van der Waals surface area contributed by atoms with E-state index in [1.807, 2.05) is 71.6 Å². The third-order valence-corrected chi connectivity index (χ3v) is 5.93. The predicted octanol–water partition coefficient (Wildman–Crippen LogP) is 5.92. The Labute approximate surface area is 192 Å². The number of carbonyl (C=O) groups is 1. The molecule has 33 heavy (non-hydrogen) atoms. The second-order valence-electron chi connectivity index (χ2n) is 8.12. The fraction of sp³-hybridized carbons (Fsp3) is 0.185. The van der Waals surface area contributed by atoms with Gasteiger partial charge in [-0.25, -0.2) is 0 Å². The van der Waals surface area contributed by atoms with E-state index in [0.29, 0.717) is 29.2 Å². The topological polar surface area (TPSA) is 78.5 Å². The minimum absolute atomic E-state index is 0.0769. The number of nitrogens with zero attached hydrogens (tertiary/aromatic N) is 2. The molecule has 166 valence electrons. The van der Waals surface area contributed by atoms with Gasteiger partial charge in [-0.15, -0.1) is 0 Å². The van der Waals surface area contributed by atoms with E-state index < -0.39 is 0 Å². The van der Waals surface area contributed by atoms with Gasteiger partial charge in [-0.05, 0) is 48.4 Å². The van der Waals surface area contributed by atoms with E-state index in [-0.39, 0.29) is 17.7 Å². The molecule has 1 atom stereocenters. The highest BCUT2D eigenvalue weighted by atomic mass is 16.5. The molecule has 0 saturated carbocycles. The van der Waals surface area contributed by atoms with Crippen molar-refractivity contribution < 1.29 is 14.6 Å². The summed E-state index contributed by atoms with van der Waals surface area (Å²) in [6, 6.07) is 24.2. The highest BCUT2D eigenvalue weighted by Crippen LogP contribution is 2.45. The van der Waals surface area contributed by atoms with Gasteiger partial charge in [0.15, 0.2) is 0 Å². The molecule has 4 aromatic rings. The molecule has 0 radical (unpaired) electrons. The number of H-pyrrole nitrogens is 1. The first-order valence-corrected chi connectivity index (χ1v) is 11.2. The van der Waals surface area contributed by atoms with Crippen LogP contribution in [0.15, 0.2) is 78.9 Å². The number of unbranched alkanes of at least 4 members (excludes halogenated alkanes) is 1. The van der Waals surface area contributed by atoms with Crippen LogP contribution in [-0.4, -0.2) is 32.7 Å². The average Bonchev–Trinajstić information content (AvgIpc) is 3.37. The van der Waals surface area contributed by atoms with Crippen molar-refractivity contribution in [2.24, 2.45) is 0 Å². The molecule has 1 aromatic heterocycles. The summed E-state index contributed by atoms with van der Waals surface area (Å²) >= 11 is 0. The highest BCUT2D eigenvalue weighted by molar-refractivity contribution is 6.00. The first kappa shape index (κ1) is 20.8. The first-order valence-electron chi connectivity index (χ1n) is 11.2. The van der Waals surface area contributed by atoms with Crippen LogP contribution in [0.3, 0.4) is 0 Å². The summed E-state index contributed by atoms with van der Waals surface area (Å²) in [5, 5.41) is 17.9. The van der Waals surface area contributed by atoms with Crippen LogP contribution in [0, 0.1) is 0 Å². The van der Waals surface area contributed by atoms with Gasteiger partial charge in [0, 0.05) is 17.7 Å². The Kier molecular flexibility index (Phi) is 5.57. The zero-order chi connectivity index (χ0) is 22.8.